The van der Waals surface area contributed by atoms with Gasteiger partial charge in [0.05, 0.1) is 4.92 Å². The highest BCUT2D eigenvalue weighted by molar-refractivity contribution is 5.94. The lowest BCUT2D eigenvalue weighted by Gasteiger charge is -1.96. The summed E-state index contributed by atoms with van der Waals surface area (Å²) in [7, 11) is 0. The van der Waals surface area contributed by atoms with E-state index in [1.807, 2.05) is 0 Å². The van der Waals surface area contributed by atoms with E-state index in [-0.39, 0.29) is 11.6 Å². The minimum Gasteiger partial charge on any atom is -0.345 e. The first-order chi connectivity index (χ1) is 8.63. The van der Waals surface area contributed by atoms with Crippen molar-refractivity contribution in [2.45, 2.75) is 6.42 Å². The van der Waals surface area contributed by atoms with Gasteiger partial charge in [-0.1, -0.05) is 5.92 Å². The number of benzene rings is 1. The van der Waals surface area contributed by atoms with E-state index in [2.05, 4.69) is 17.2 Å². The van der Waals surface area contributed by atoms with Crippen molar-refractivity contribution in [2.75, 3.05) is 13.1 Å². The topological polar surface area (TPSA) is 98.3 Å². The van der Waals surface area contributed by atoms with Crippen LogP contribution in [0, 0.1) is 22.0 Å². The minimum atomic E-state index is -0.489. The summed E-state index contributed by atoms with van der Waals surface area (Å²) >= 11 is 0. The Bertz CT molecular complexity index is 486. The maximum atomic E-state index is 11.2. The van der Waals surface area contributed by atoms with Crippen LogP contribution in [0.2, 0.25) is 0 Å². The van der Waals surface area contributed by atoms with Gasteiger partial charge in [0.1, 0.15) is 0 Å². The molecule has 0 saturated heterocycles. The summed E-state index contributed by atoms with van der Waals surface area (Å²) in [6.45, 7) is 1.00. The highest BCUT2D eigenvalue weighted by Crippen LogP contribution is 2.10. The smallest absolute Gasteiger partial charge is 0.296 e. The van der Waals surface area contributed by atoms with Gasteiger partial charge in [-0.05, 0) is 25.1 Å². The molecule has 0 aliphatic carbocycles. The monoisotopic (exact) mass is 247 g/mol. The average molecular weight is 247 g/mol. The Morgan fingerprint density at radius 1 is 1.39 bits per heavy atom. The van der Waals surface area contributed by atoms with Crippen molar-refractivity contribution in [2.24, 2.45) is 5.73 Å². The molecule has 3 N–H and O–H groups in total. The molecule has 0 saturated carbocycles. The summed E-state index contributed by atoms with van der Waals surface area (Å²) < 4.78 is 0. The van der Waals surface area contributed by atoms with E-state index < -0.39 is 4.92 Å². The quantitative estimate of drug-likeness (QED) is 0.348. The van der Waals surface area contributed by atoms with Crippen LogP contribution in [-0.4, -0.2) is 23.9 Å². The molecular formula is C12H13N3O3. The largest absolute Gasteiger partial charge is 0.345 e. The predicted molar refractivity (Wildman–Crippen MR) is 66.7 cm³/mol. The van der Waals surface area contributed by atoms with E-state index in [0.29, 0.717) is 25.1 Å². The van der Waals surface area contributed by atoms with E-state index in [4.69, 9.17) is 5.73 Å². The van der Waals surface area contributed by atoms with Crippen LogP contribution < -0.4 is 11.1 Å². The highest BCUT2D eigenvalue weighted by Gasteiger charge is 2.02. The Labute approximate surface area is 104 Å². The molecule has 1 aromatic carbocycles. The van der Waals surface area contributed by atoms with E-state index in [0.717, 1.165) is 0 Å². The second kappa shape index (κ2) is 7.04. The van der Waals surface area contributed by atoms with Gasteiger partial charge < -0.3 is 11.1 Å². The Hall–Kier alpha value is -2.39. The number of carbonyl (C=O) groups excluding carboxylic acids is 1. The fraction of sp³-hybridized carbons (Fsp3) is 0.250. The Morgan fingerprint density at radius 2 is 2.06 bits per heavy atom. The first kappa shape index (κ1) is 13.7. The lowest BCUT2D eigenvalue weighted by atomic mass is 10.2. The van der Waals surface area contributed by atoms with E-state index in [9.17, 15) is 14.9 Å². The molecule has 0 unspecified atom stereocenters. The summed E-state index contributed by atoms with van der Waals surface area (Å²) in [5, 5.41) is 13.0. The van der Waals surface area contributed by atoms with Crippen molar-refractivity contribution >= 4 is 11.6 Å². The van der Waals surface area contributed by atoms with Crippen LogP contribution in [0.15, 0.2) is 24.3 Å². The lowest BCUT2D eigenvalue weighted by Crippen LogP contribution is -2.24. The van der Waals surface area contributed by atoms with Crippen molar-refractivity contribution in [3.63, 3.8) is 0 Å². The lowest BCUT2D eigenvalue weighted by molar-refractivity contribution is -0.384. The maximum absolute atomic E-state index is 11.2. The van der Waals surface area contributed by atoms with Crippen LogP contribution in [0.4, 0.5) is 5.69 Å². The van der Waals surface area contributed by atoms with Gasteiger partial charge in [-0.25, -0.2) is 0 Å². The fourth-order valence-corrected chi connectivity index (χ4v) is 1.14. The van der Waals surface area contributed by atoms with Gasteiger partial charge in [-0.3, -0.25) is 14.9 Å². The number of nitrogens with zero attached hydrogens (tertiary/aromatic N) is 1. The molecule has 1 amide bonds. The van der Waals surface area contributed by atoms with Crippen molar-refractivity contribution in [1.82, 2.24) is 5.32 Å². The van der Waals surface area contributed by atoms with Crippen molar-refractivity contribution in [3.8, 4) is 11.8 Å². The van der Waals surface area contributed by atoms with Crippen LogP contribution in [0.25, 0.3) is 0 Å². The molecule has 0 aliphatic heterocycles. The number of hydrogen-bond acceptors (Lipinski definition) is 4. The molecule has 6 heteroatoms. The van der Waals surface area contributed by atoms with Crippen LogP contribution in [-0.2, 0) is 4.79 Å². The first-order valence-corrected chi connectivity index (χ1v) is 5.38. The van der Waals surface area contributed by atoms with E-state index in [1.165, 1.54) is 24.3 Å². The molecule has 0 aromatic heterocycles. The molecule has 0 atom stereocenters. The normalized spacial score (nSPS) is 9.17. The molecule has 1 rings (SSSR count). The Balaban J connectivity index is 2.57. The van der Waals surface area contributed by atoms with Gasteiger partial charge >= 0.3 is 0 Å². The van der Waals surface area contributed by atoms with E-state index in [1.54, 1.807) is 0 Å². The number of amides is 1. The number of carbonyl (C=O) groups is 1. The number of non-ortho nitro benzene ring substituents is 1. The minimum absolute atomic E-state index is 0.00653. The number of rotatable bonds is 4. The standard InChI is InChI=1S/C12H13N3O3/c13-8-1-9-14-12(16)7-4-10-2-5-11(6-3-10)15(17)18/h2-3,5-6H,1,8-9,13H2,(H,14,16). The van der Waals surface area contributed by atoms with E-state index >= 15 is 0 Å². The van der Waals surface area contributed by atoms with Crippen molar-refractivity contribution in [3.05, 3.63) is 39.9 Å². The van der Waals surface area contributed by atoms with Crippen molar-refractivity contribution < 1.29 is 9.72 Å². The van der Waals surface area contributed by atoms with Crippen LogP contribution >= 0.6 is 0 Å². The van der Waals surface area contributed by atoms with Gasteiger partial charge in [-0.15, -0.1) is 0 Å². The van der Waals surface area contributed by atoms with Gasteiger partial charge in [0.2, 0.25) is 0 Å². The fourth-order valence-electron chi connectivity index (χ4n) is 1.14. The molecule has 0 bridgehead atoms. The maximum Gasteiger partial charge on any atom is 0.296 e. The third-order valence-electron chi connectivity index (χ3n) is 2.06. The Kier molecular flexibility index (Phi) is 5.35. The number of nitro groups is 1. The van der Waals surface area contributed by atoms with Crippen LogP contribution in [0.3, 0.4) is 0 Å². The molecule has 0 spiro atoms. The van der Waals surface area contributed by atoms with Crippen LogP contribution in [0.1, 0.15) is 12.0 Å². The average Bonchev–Trinajstić information content (AvgIpc) is 2.37. The summed E-state index contributed by atoms with van der Waals surface area (Å²) in [5.41, 5.74) is 5.82. The molecule has 0 radical (unpaired) electrons. The molecule has 18 heavy (non-hydrogen) atoms. The van der Waals surface area contributed by atoms with Gasteiger partial charge in [0.25, 0.3) is 11.6 Å². The summed E-state index contributed by atoms with van der Waals surface area (Å²) in [5.74, 6) is 4.63. The van der Waals surface area contributed by atoms with Gasteiger partial charge in [0, 0.05) is 30.2 Å². The zero-order valence-corrected chi connectivity index (χ0v) is 9.68. The summed E-state index contributed by atoms with van der Waals surface area (Å²) in [6, 6.07) is 5.68. The number of nitrogens with one attached hydrogen (secondary N) is 1. The molecule has 6 nitrogen and oxygen atoms in total. The number of hydrogen-bond donors (Lipinski definition) is 2. The molecule has 94 valence electrons. The third kappa shape index (κ3) is 4.63. The summed E-state index contributed by atoms with van der Waals surface area (Å²) in [4.78, 5) is 21.2. The SMILES string of the molecule is NCCCNC(=O)C#Cc1ccc([N+](=O)[O-])cc1. The number of nitrogens with two attached hydrogens (primary N) is 1. The zero-order chi connectivity index (χ0) is 13.4. The third-order valence-corrected chi connectivity index (χ3v) is 2.06. The van der Waals surface area contributed by atoms with Gasteiger partial charge in [-0.2, -0.15) is 0 Å². The van der Waals surface area contributed by atoms with Crippen molar-refractivity contribution in [1.29, 1.82) is 0 Å². The number of nitro benzene ring substituents is 1. The summed E-state index contributed by atoms with van der Waals surface area (Å²) in [6.07, 6.45) is 0.699. The zero-order valence-electron chi connectivity index (χ0n) is 9.68. The molecule has 0 heterocycles. The highest BCUT2D eigenvalue weighted by atomic mass is 16.6. The Morgan fingerprint density at radius 3 is 2.61 bits per heavy atom. The molecule has 0 aliphatic rings. The second-order valence-electron chi connectivity index (χ2n) is 3.45. The van der Waals surface area contributed by atoms with Gasteiger partial charge in [0.15, 0.2) is 0 Å². The first-order valence-electron chi connectivity index (χ1n) is 5.38. The van der Waals surface area contributed by atoms with Crippen LogP contribution in [0.5, 0.6) is 0 Å². The predicted octanol–water partition coefficient (Wildman–Crippen LogP) is 0.411. The molecule has 1 aromatic rings. The molecule has 0 fully saturated rings. The second-order valence-corrected chi connectivity index (χ2v) is 3.45. The molecular weight excluding hydrogens is 234 g/mol.